The quantitative estimate of drug-likeness (QED) is 0.265. The number of allylic oxidation sites excluding steroid dienone is 4. The maximum Gasteiger partial charge on any atom is 0.331 e. The Hall–Kier alpha value is -2.26. The molecule has 0 aromatic heterocycles. The monoisotopic (exact) mass is 480 g/mol. The molecule has 0 aliphatic carbocycles. The van der Waals surface area contributed by atoms with Crippen molar-refractivity contribution in [3.05, 3.63) is 48.6 Å². The van der Waals surface area contributed by atoms with Crippen molar-refractivity contribution in [3.63, 3.8) is 0 Å². The van der Waals surface area contributed by atoms with E-state index in [0.29, 0.717) is 13.2 Å². The van der Waals surface area contributed by atoms with Gasteiger partial charge in [0.05, 0.1) is 13.2 Å². The summed E-state index contributed by atoms with van der Waals surface area (Å²) in [5.41, 5.74) is 0. The van der Waals surface area contributed by atoms with Crippen LogP contribution >= 0.6 is 0 Å². The van der Waals surface area contributed by atoms with E-state index in [2.05, 4.69) is 0 Å². The molecule has 0 radical (unpaired) electrons. The van der Waals surface area contributed by atoms with Crippen LogP contribution in [0.2, 0.25) is 0 Å². The van der Waals surface area contributed by atoms with Gasteiger partial charge >= 0.3 is 11.9 Å². The van der Waals surface area contributed by atoms with E-state index in [4.69, 9.17) is 28.4 Å². The molecular formula is C26H40O8. The van der Waals surface area contributed by atoms with Crippen LogP contribution in [-0.4, -0.2) is 65.2 Å². The summed E-state index contributed by atoms with van der Waals surface area (Å²) in [6.07, 6.45) is 12.4. The van der Waals surface area contributed by atoms with Crippen molar-refractivity contribution in [1.29, 1.82) is 0 Å². The lowest BCUT2D eigenvalue weighted by molar-refractivity contribution is -0.151. The van der Waals surface area contributed by atoms with Crippen molar-refractivity contribution in [2.45, 2.75) is 39.9 Å². The Balaban J connectivity index is 3.04. The third-order valence-electron chi connectivity index (χ3n) is 5.34. The lowest BCUT2D eigenvalue weighted by atomic mass is 9.93. The second kappa shape index (κ2) is 17.2. The minimum Gasteiger partial charge on any atom is -0.458 e. The number of carbonyl (C=O) groups excluding carboxylic acids is 2. The second-order valence-electron chi connectivity index (χ2n) is 8.52. The van der Waals surface area contributed by atoms with E-state index in [0.717, 1.165) is 0 Å². The van der Waals surface area contributed by atoms with Crippen LogP contribution in [0.15, 0.2) is 48.6 Å². The molecular weight excluding hydrogens is 440 g/mol. The standard InChI is InChI=1S/C26H40O8/c1-19-11-7-9-13-24(28)34-26(22(4)16-32-18-30-6)20(2)12-8-10-14-23(27)33-25(19)21(3)15-31-17-29-5/h7-14,19-22,25-26H,15-18H2,1-6H3/b11-7-,12-8+,13-9+,14-10-. The highest BCUT2D eigenvalue weighted by Gasteiger charge is 2.27. The largest absolute Gasteiger partial charge is 0.458 e. The van der Waals surface area contributed by atoms with Crippen LogP contribution in [0.4, 0.5) is 0 Å². The number of methoxy groups -OCH3 is 2. The van der Waals surface area contributed by atoms with Crippen LogP contribution in [0.25, 0.3) is 0 Å². The van der Waals surface area contributed by atoms with Crippen LogP contribution in [0.1, 0.15) is 27.7 Å². The maximum absolute atomic E-state index is 12.5. The zero-order valence-corrected chi connectivity index (χ0v) is 21.2. The number of cyclic esters (lactones) is 2. The number of carbonyl (C=O) groups is 2. The molecule has 0 amide bonds. The number of hydrogen-bond acceptors (Lipinski definition) is 8. The van der Waals surface area contributed by atoms with Gasteiger partial charge in [0.25, 0.3) is 0 Å². The zero-order chi connectivity index (χ0) is 25.3. The average Bonchev–Trinajstić information content (AvgIpc) is 2.80. The summed E-state index contributed by atoms with van der Waals surface area (Å²) >= 11 is 0. The molecule has 0 bridgehead atoms. The Morgan fingerprint density at radius 3 is 1.47 bits per heavy atom. The summed E-state index contributed by atoms with van der Waals surface area (Å²) in [5, 5.41) is 0. The Labute approximate surface area is 203 Å². The molecule has 0 aromatic carbocycles. The summed E-state index contributed by atoms with van der Waals surface area (Å²) in [7, 11) is 3.11. The smallest absolute Gasteiger partial charge is 0.331 e. The summed E-state index contributed by atoms with van der Waals surface area (Å²) < 4.78 is 32.2. The molecule has 1 rings (SSSR count). The predicted octanol–water partition coefficient (Wildman–Crippen LogP) is 3.83. The number of hydrogen-bond donors (Lipinski definition) is 0. The van der Waals surface area contributed by atoms with Crippen molar-refractivity contribution in [2.24, 2.45) is 23.7 Å². The van der Waals surface area contributed by atoms with E-state index in [1.54, 1.807) is 38.5 Å². The normalized spacial score (nSPS) is 29.9. The first-order chi connectivity index (χ1) is 16.3. The van der Waals surface area contributed by atoms with Crippen LogP contribution in [0, 0.1) is 23.7 Å². The second-order valence-corrected chi connectivity index (χ2v) is 8.52. The van der Waals surface area contributed by atoms with Crippen LogP contribution in [-0.2, 0) is 38.0 Å². The van der Waals surface area contributed by atoms with Crippen LogP contribution in [0.3, 0.4) is 0 Å². The minimum atomic E-state index is -0.437. The highest BCUT2D eigenvalue weighted by molar-refractivity contribution is 5.83. The molecule has 0 saturated carbocycles. The van der Waals surface area contributed by atoms with E-state index < -0.39 is 24.1 Å². The Morgan fingerprint density at radius 2 is 1.12 bits per heavy atom. The molecule has 0 aromatic rings. The third kappa shape index (κ3) is 11.7. The summed E-state index contributed by atoms with van der Waals surface area (Å²) in [5.74, 6) is -1.25. The fourth-order valence-corrected chi connectivity index (χ4v) is 3.62. The van der Waals surface area contributed by atoms with Gasteiger partial charge in [-0.05, 0) is 0 Å². The zero-order valence-electron chi connectivity index (χ0n) is 21.2. The van der Waals surface area contributed by atoms with E-state index in [9.17, 15) is 9.59 Å². The van der Waals surface area contributed by atoms with Crippen molar-refractivity contribution >= 4 is 11.9 Å². The highest BCUT2D eigenvalue weighted by Crippen LogP contribution is 2.21. The van der Waals surface area contributed by atoms with E-state index in [1.165, 1.54) is 12.2 Å². The number of rotatable bonds is 10. The Bertz CT molecular complexity index is 652. The minimum absolute atomic E-state index is 0.0712. The lowest BCUT2D eigenvalue weighted by Crippen LogP contribution is -2.33. The van der Waals surface area contributed by atoms with E-state index >= 15 is 0 Å². The summed E-state index contributed by atoms with van der Waals surface area (Å²) in [6, 6.07) is 0. The fraction of sp³-hybridized carbons (Fsp3) is 0.615. The van der Waals surface area contributed by atoms with Gasteiger partial charge in [0.2, 0.25) is 0 Å². The Kier molecular flexibility index (Phi) is 15.1. The van der Waals surface area contributed by atoms with Crippen molar-refractivity contribution in [2.75, 3.05) is 41.0 Å². The van der Waals surface area contributed by atoms with E-state index in [1.807, 2.05) is 39.8 Å². The average molecular weight is 481 g/mol. The van der Waals surface area contributed by atoms with Crippen molar-refractivity contribution in [1.82, 2.24) is 0 Å². The molecule has 0 fully saturated rings. The SMILES string of the molecule is COCOCC(C)C1OC(=O)/C=C\C=C\C(C)C(C(C)COCOC)OC(=O)/C=C/C=C\C1C. The van der Waals surface area contributed by atoms with Crippen LogP contribution in [0.5, 0.6) is 0 Å². The highest BCUT2D eigenvalue weighted by atomic mass is 16.7. The molecule has 8 heteroatoms. The molecule has 1 aliphatic heterocycles. The van der Waals surface area contributed by atoms with Gasteiger partial charge in [0.15, 0.2) is 0 Å². The Morgan fingerprint density at radius 1 is 0.735 bits per heavy atom. The van der Waals surface area contributed by atoms with Crippen LogP contribution < -0.4 is 0 Å². The molecule has 0 spiro atoms. The third-order valence-corrected chi connectivity index (χ3v) is 5.34. The molecule has 0 saturated heterocycles. The summed E-state index contributed by atoms with van der Waals surface area (Å²) in [6.45, 7) is 8.88. The van der Waals surface area contributed by atoms with Gasteiger partial charge in [-0.1, -0.05) is 64.2 Å². The molecule has 8 nitrogen and oxygen atoms in total. The molecule has 192 valence electrons. The van der Waals surface area contributed by atoms with E-state index in [-0.39, 0.29) is 37.3 Å². The first-order valence-electron chi connectivity index (χ1n) is 11.5. The van der Waals surface area contributed by atoms with Gasteiger partial charge in [-0.25, -0.2) is 9.59 Å². The van der Waals surface area contributed by atoms with Gasteiger partial charge in [-0.15, -0.1) is 0 Å². The number of ether oxygens (including phenoxy) is 6. The molecule has 1 heterocycles. The maximum atomic E-state index is 12.5. The van der Waals surface area contributed by atoms with Gasteiger partial charge in [-0.3, -0.25) is 0 Å². The predicted molar refractivity (Wildman–Crippen MR) is 129 cm³/mol. The van der Waals surface area contributed by atoms with Crippen molar-refractivity contribution < 1.29 is 38.0 Å². The first kappa shape index (κ1) is 29.8. The van der Waals surface area contributed by atoms with Gasteiger partial charge in [-0.2, -0.15) is 0 Å². The molecule has 6 unspecified atom stereocenters. The molecule has 34 heavy (non-hydrogen) atoms. The van der Waals surface area contributed by atoms with Gasteiger partial charge in [0, 0.05) is 50.0 Å². The van der Waals surface area contributed by atoms with Gasteiger partial charge in [0.1, 0.15) is 25.8 Å². The molecule has 1 aliphatic rings. The number of esters is 2. The topological polar surface area (TPSA) is 89.5 Å². The summed E-state index contributed by atoms with van der Waals surface area (Å²) in [4.78, 5) is 24.9. The lowest BCUT2D eigenvalue weighted by Gasteiger charge is -2.27. The fourth-order valence-electron chi connectivity index (χ4n) is 3.62. The first-order valence-corrected chi connectivity index (χ1v) is 11.5. The van der Waals surface area contributed by atoms with Crippen molar-refractivity contribution in [3.8, 4) is 0 Å². The molecule has 6 atom stereocenters. The molecule has 0 N–H and O–H groups in total. The van der Waals surface area contributed by atoms with Gasteiger partial charge < -0.3 is 28.4 Å².